The summed E-state index contributed by atoms with van der Waals surface area (Å²) in [6, 6.07) is 0.155. The lowest BCUT2D eigenvalue weighted by molar-refractivity contribution is -0.147. The van der Waals surface area contributed by atoms with Crippen LogP contribution in [0.4, 0.5) is 0 Å². The number of rotatable bonds is 4. The number of likely N-dealkylation sites (N-methyl/N-ethyl adjacent to an activating group) is 2. The fraction of sp³-hybridized carbons (Fsp3) is 0.875. The van der Waals surface area contributed by atoms with Crippen LogP contribution in [0.15, 0.2) is 0 Å². The van der Waals surface area contributed by atoms with E-state index in [4.69, 9.17) is 5.73 Å². The SMILES string of the molecule is CCN(CC(=O)N(C)C)C(=O)C1CCC(N)C(C)C1(C)C. The summed E-state index contributed by atoms with van der Waals surface area (Å²) >= 11 is 0. The van der Waals surface area contributed by atoms with Gasteiger partial charge in [-0.1, -0.05) is 20.8 Å². The summed E-state index contributed by atoms with van der Waals surface area (Å²) in [6.45, 7) is 9.03. The molecule has 21 heavy (non-hydrogen) atoms. The molecule has 0 aromatic heterocycles. The molecule has 0 aromatic carbocycles. The Hall–Kier alpha value is -1.10. The van der Waals surface area contributed by atoms with Gasteiger partial charge in [0.1, 0.15) is 0 Å². The summed E-state index contributed by atoms with van der Waals surface area (Å²) in [4.78, 5) is 28.0. The van der Waals surface area contributed by atoms with Gasteiger partial charge in [0.2, 0.25) is 11.8 Å². The van der Waals surface area contributed by atoms with E-state index in [0.717, 1.165) is 12.8 Å². The van der Waals surface area contributed by atoms with Crippen LogP contribution in [0.25, 0.3) is 0 Å². The molecule has 2 N–H and O–H groups in total. The molecular weight excluding hydrogens is 266 g/mol. The van der Waals surface area contributed by atoms with Crippen molar-refractivity contribution in [1.82, 2.24) is 9.80 Å². The van der Waals surface area contributed by atoms with E-state index in [9.17, 15) is 9.59 Å². The summed E-state index contributed by atoms with van der Waals surface area (Å²) < 4.78 is 0. The van der Waals surface area contributed by atoms with Crippen molar-refractivity contribution in [3.05, 3.63) is 0 Å². The fourth-order valence-corrected chi connectivity index (χ4v) is 3.16. The summed E-state index contributed by atoms with van der Waals surface area (Å²) in [7, 11) is 3.43. The van der Waals surface area contributed by atoms with Crippen molar-refractivity contribution in [2.45, 2.75) is 46.6 Å². The predicted octanol–water partition coefficient (Wildman–Crippen LogP) is 1.32. The highest BCUT2D eigenvalue weighted by Gasteiger charge is 2.46. The molecule has 1 saturated carbocycles. The van der Waals surface area contributed by atoms with Crippen LogP contribution in [0.3, 0.4) is 0 Å². The summed E-state index contributed by atoms with van der Waals surface area (Å²) in [5.41, 5.74) is 6.02. The van der Waals surface area contributed by atoms with Crippen LogP contribution in [-0.2, 0) is 9.59 Å². The smallest absolute Gasteiger partial charge is 0.241 e. The first kappa shape index (κ1) is 18.0. The van der Waals surface area contributed by atoms with Crippen LogP contribution in [0.1, 0.15) is 40.5 Å². The van der Waals surface area contributed by atoms with Gasteiger partial charge in [-0.2, -0.15) is 0 Å². The van der Waals surface area contributed by atoms with E-state index in [1.54, 1.807) is 19.0 Å². The molecule has 5 heteroatoms. The minimum atomic E-state index is -0.136. The third-order valence-corrected chi connectivity index (χ3v) is 5.32. The van der Waals surface area contributed by atoms with Crippen LogP contribution >= 0.6 is 0 Å². The Labute approximate surface area is 128 Å². The van der Waals surface area contributed by atoms with Gasteiger partial charge < -0.3 is 15.5 Å². The maximum atomic E-state index is 12.9. The van der Waals surface area contributed by atoms with Crippen molar-refractivity contribution < 1.29 is 9.59 Å². The van der Waals surface area contributed by atoms with E-state index in [2.05, 4.69) is 20.8 Å². The highest BCUT2D eigenvalue weighted by Crippen LogP contribution is 2.45. The van der Waals surface area contributed by atoms with Gasteiger partial charge in [0.25, 0.3) is 0 Å². The first-order valence-electron chi connectivity index (χ1n) is 7.87. The van der Waals surface area contributed by atoms with Gasteiger partial charge in [-0.25, -0.2) is 0 Å². The lowest BCUT2D eigenvalue weighted by Gasteiger charge is -2.47. The number of carbonyl (C=O) groups excluding carboxylic acids is 2. The zero-order valence-corrected chi connectivity index (χ0v) is 14.3. The second-order valence-corrected chi connectivity index (χ2v) is 7.04. The molecule has 3 unspecified atom stereocenters. The van der Waals surface area contributed by atoms with Crippen LogP contribution in [0.5, 0.6) is 0 Å². The summed E-state index contributed by atoms with van der Waals surface area (Å²) in [5, 5.41) is 0. The Morgan fingerprint density at radius 3 is 2.29 bits per heavy atom. The van der Waals surface area contributed by atoms with Crippen LogP contribution in [0.2, 0.25) is 0 Å². The maximum absolute atomic E-state index is 12.9. The molecule has 1 fully saturated rings. The normalized spacial score (nSPS) is 28.0. The molecule has 0 bridgehead atoms. The highest BCUT2D eigenvalue weighted by atomic mass is 16.2. The number of hydrogen-bond donors (Lipinski definition) is 1. The van der Waals surface area contributed by atoms with Crippen LogP contribution in [0, 0.1) is 17.3 Å². The number of carbonyl (C=O) groups is 2. The molecule has 1 aliphatic carbocycles. The van der Waals surface area contributed by atoms with E-state index in [0.29, 0.717) is 12.5 Å². The molecule has 0 heterocycles. The lowest BCUT2D eigenvalue weighted by Crippen LogP contribution is -2.53. The molecule has 0 spiro atoms. The monoisotopic (exact) mass is 297 g/mol. The van der Waals surface area contributed by atoms with E-state index < -0.39 is 0 Å². The van der Waals surface area contributed by atoms with Gasteiger partial charge in [0.05, 0.1) is 6.54 Å². The van der Waals surface area contributed by atoms with Gasteiger partial charge in [-0.05, 0) is 31.1 Å². The number of nitrogens with two attached hydrogens (primary N) is 1. The minimum absolute atomic E-state index is 0.0384. The van der Waals surface area contributed by atoms with Crippen molar-refractivity contribution in [3.63, 3.8) is 0 Å². The second kappa shape index (κ2) is 6.77. The number of hydrogen-bond acceptors (Lipinski definition) is 3. The van der Waals surface area contributed by atoms with Gasteiger partial charge in [0.15, 0.2) is 0 Å². The van der Waals surface area contributed by atoms with Crippen molar-refractivity contribution >= 4 is 11.8 Å². The van der Waals surface area contributed by atoms with Crippen molar-refractivity contribution in [2.24, 2.45) is 23.0 Å². The topological polar surface area (TPSA) is 66.6 Å². The van der Waals surface area contributed by atoms with Gasteiger partial charge in [0, 0.05) is 32.6 Å². The fourth-order valence-electron chi connectivity index (χ4n) is 3.16. The van der Waals surface area contributed by atoms with Crippen LogP contribution in [-0.4, -0.2) is 54.8 Å². The van der Waals surface area contributed by atoms with Crippen LogP contribution < -0.4 is 5.73 Å². The zero-order chi connectivity index (χ0) is 16.4. The predicted molar refractivity (Wildman–Crippen MR) is 84.6 cm³/mol. The molecule has 122 valence electrons. The molecular formula is C16H31N3O2. The molecule has 1 rings (SSSR count). The number of amides is 2. The van der Waals surface area contributed by atoms with Gasteiger partial charge >= 0.3 is 0 Å². The van der Waals surface area contributed by atoms with E-state index >= 15 is 0 Å². The third-order valence-electron chi connectivity index (χ3n) is 5.32. The Morgan fingerprint density at radius 1 is 1.24 bits per heavy atom. The van der Waals surface area contributed by atoms with E-state index in [1.165, 1.54) is 4.90 Å². The zero-order valence-electron chi connectivity index (χ0n) is 14.3. The van der Waals surface area contributed by atoms with Crippen molar-refractivity contribution in [1.29, 1.82) is 0 Å². The van der Waals surface area contributed by atoms with Gasteiger partial charge in [-0.3, -0.25) is 9.59 Å². The molecule has 0 saturated heterocycles. The largest absolute Gasteiger partial charge is 0.347 e. The second-order valence-electron chi connectivity index (χ2n) is 7.04. The van der Waals surface area contributed by atoms with Gasteiger partial charge in [-0.15, -0.1) is 0 Å². The Morgan fingerprint density at radius 2 is 1.81 bits per heavy atom. The van der Waals surface area contributed by atoms with E-state index in [1.807, 2.05) is 6.92 Å². The number of nitrogens with zero attached hydrogens (tertiary/aromatic N) is 2. The lowest BCUT2D eigenvalue weighted by atomic mass is 9.60. The van der Waals surface area contributed by atoms with Crippen molar-refractivity contribution in [3.8, 4) is 0 Å². The van der Waals surface area contributed by atoms with Crippen molar-refractivity contribution in [2.75, 3.05) is 27.2 Å². The highest BCUT2D eigenvalue weighted by molar-refractivity contribution is 5.86. The maximum Gasteiger partial charge on any atom is 0.241 e. The average Bonchev–Trinajstić information content (AvgIpc) is 2.41. The minimum Gasteiger partial charge on any atom is -0.347 e. The molecule has 0 aromatic rings. The summed E-state index contributed by atoms with van der Waals surface area (Å²) in [5.74, 6) is 0.297. The van der Waals surface area contributed by atoms with E-state index in [-0.39, 0.29) is 35.7 Å². The molecule has 3 atom stereocenters. The Balaban J connectivity index is 2.87. The molecule has 2 amide bonds. The molecule has 5 nitrogen and oxygen atoms in total. The quantitative estimate of drug-likeness (QED) is 0.851. The Bertz CT molecular complexity index is 393. The molecule has 0 aliphatic heterocycles. The first-order valence-corrected chi connectivity index (χ1v) is 7.87. The standard InChI is InChI=1S/C16H31N3O2/c1-7-19(10-14(20)18(5)6)15(21)12-8-9-13(17)11(2)16(12,3)4/h11-13H,7-10,17H2,1-6H3. The summed E-state index contributed by atoms with van der Waals surface area (Å²) in [6.07, 6.45) is 1.68. The molecule has 0 radical (unpaired) electrons. The molecule has 1 aliphatic rings. The Kier molecular flexibility index (Phi) is 5.79. The first-order chi connectivity index (χ1) is 9.62. The average molecular weight is 297 g/mol. The third kappa shape index (κ3) is 3.76.